The van der Waals surface area contributed by atoms with Gasteiger partial charge >= 0.3 is 5.97 Å². The highest BCUT2D eigenvalue weighted by atomic mass is 19.1. The summed E-state index contributed by atoms with van der Waals surface area (Å²) < 4.78 is 20.7. The van der Waals surface area contributed by atoms with E-state index in [1.54, 1.807) is 47.4 Å². The average Bonchev–Trinajstić information content (AvgIpc) is 2.83. The molecule has 1 aliphatic heterocycles. The van der Waals surface area contributed by atoms with E-state index in [2.05, 4.69) is 5.32 Å². The quantitative estimate of drug-likeness (QED) is 0.707. The molecule has 0 aliphatic carbocycles. The molecule has 0 bridgehead atoms. The van der Waals surface area contributed by atoms with Gasteiger partial charge in [-0.15, -0.1) is 0 Å². The molecule has 2 atom stereocenters. The molecular weight excluding hydrogens is 403 g/mol. The van der Waals surface area contributed by atoms with Crippen LogP contribution in [0.4, 0.5) is 10.1 Å². The lowest BCUT2D eigenvalue weighted by atomic mass is 9.98. The molecular formula is C23H25FN2O5. The van der Waals surface area contributed by atoms with Crippen LogP contribution in [0, 0.1) is 11.7 Å². The summed E-state index contributed by atoms with van der Waals surface area (Å²) in [5.41, 5.74) is 1.48. The van der Waals surface area contributed by atoms with Crippen LogP contribution in [0.25, 0.3) is 0 Å². The van der Waals surface area contributed by atoms with Crippen molar-refractivity contribution in [3.05, 3.63) is 65.5 Å². The third kappa shape index (κ3) is 5.27. The lowest BCUT2D eigenvalue weighted by Crippen LogP contribution is -2.44. The molecule has 0 spiro atoms. The van der Waals surface area contributed by atoms with Crippen molar-refractivity contribution in [3.63, 3.8) is 0 Å². The Kier molecular flexibility index (Phi) is 7.02. The highest BCUT2D eigenvalue weighted by Crippen LogP contribution is 2.39. The van der Waals surface area contributed by atoms with Gasteiger partial charge in [-0.25, -0.2) is 4.39 Å². The second kappa shape index (κ2) is 9.70. The molecule has 2 amide bonds. The molecule has 1 aliphatic rings. The molecule has 0 unspecified atom stereocenters. The highest BCUT2D eigenvalue weighted by molar-refractivity contribution is 6.00. The molecule has 7 nitrogen and oxygen atoms in total. The number of hydrogen-bond donors (Lipinski definition) is 2. The third-order valence-corrected chi connectivity index (χ3v) is 4.89. The number of nitrogens with one attached hydrogen (secondary N) is 1. The number of halogens is 1. The van der Waals surface area contributed by atoms with E-state index in [4.69, 9.17) is 9.84 Å². The fraction of sp³-hybridized carbons (Fsp3) is 0.348. The van der Waals surface area contributed by atoms with Gasteiger partial charge in [-0.3, -0.25) is 14.4 Å². The van der Waals surface area contributed by atoms with Gasteiger partial charge in [-0.2, -0.15) is 0 Å². The lowest BCUT2D eigenvalue weighted by molar-refractivity contribution is -0.140. The lowest BCUT2D eigenvalue weighted by Gasteiger charge is -2.26. The summed E-state index contributed by atoms with van der Waals surface area (Å²) in [7, 11) is 0. The Bertz CT molecular complexity index is 978. The number of amides is 2. The molecule has 1 heterocycles. The maximum atomic E-state index is 14.7. The first-order valence-electron chi connectivity index (χ1n) is 10.1. The van der Waals surface area contributed by atoms with Crippen LogP contribution in [0.1, 0.15) is 37.5 Å². The summed E-state index contributed by atoms with van der Waals surface area (Å²) in [5.74, 6) is -2.61. The molecule has 2 aromatic carbocycles. The maximum Gasteiger partial charge on any atom is 0.322 e. The Morgan fingerprint density at radius 2 is 1.77 bits per heavy atom. The Morgan fingerprint density at radius 3 is 2.42 bits per heavy atom. The van der Waals surface area contributed by atoms with Gasteiger partial charge in [0.25, 0.3) is 5.91 Å². The largest absolute Gasteiger partial charge is 0.480 e. The number of carbonyl (C=O) groups excluding carboxylic acids is 2. The van der Waals surface area contributed by atoms with Crippen molar-refractivity contribution in [3.8, 4) is 0 Å². The maximum absolute atomic E-state index is 14.7. The second-order valence-electron chi connectivity index (χ2n) is 7.80. The fourth-order valence-corrected chi connectivity index (χ4v) is 3.58. The number of para-hydroxylation sites is 1. The summed E-state index contributed by atoms with van der Waals surface area (Å²) in [4.78, 5) is 38.0. The first-order chi connectivity index (χ1) is 14.8. The van der Waals surface area contributed by atoms with E-state index in [0.29, 0.717) is 17.8 Å². The van der Waals surface area contributed by atoms with Crippen LogP contribution in [0.15, 0.2) is 48.5 Å². The number of aliphatic carboxylic acids is 1. The summed E-state index contributed by atoms with van der Waals surface area (Å²) in [5, 5.41) is 11.0. The minimum absolute atomic E-state index is 0.128. The zero-order valence-electron chi connectivity index (χ0n) is 17.4. The second-order valence-corrected chi connectivity index (χ2v) is 7.80. The van der Waals surface area contributed by atoms with Crippen LogP contribution >= 0.6 is 0 Å². The van der Waals surface area contributed by atoms with Gasteiger partial charge in [0.2, 0.25) is 5.91 Å². The van der Waals surface area contributed by atoms with Gasteiger partial charge in [0.15, 0.2) is 0 Å². The number of hydrogen-bond acceptors (Lipinski definition) is 4. The normalized spacial score (nSPS) is 18.5. The van der Waals surface area contributed by atoms with Crippen molar-refractivity contribution >= 4 is 23.5 Å². The van der Waals surface area contributed by atoms with Crippen molar-refractivity contribution in [2.45, 2.75) is 32.5 Å². The Hall–Kier alpha value is -3.26. The monoisotopic (exact) mass is 428 g/mol. The minimum atomic E-state index is -1.20. The van der Waals surface area contributed by atoms with Gasteiger partial charge in [0.05, 0.1) is 6.42 Å². The molecule has 2 N–H and O–H groups in total. The molecule has 0 aromatic heterocycles. The number of carbonyl (C=O) groups is 3. The van der Waals surface area contributed by atoms with E-state index >= 15 is 0 Å². The molecule has 31 heavy (non-hydrogen) atoms. The number of ether oxygens (including phenoxy) is 1. The Balaban J connectivity index is 2.04. The topological polar surface area (TPSA) is 95.9 Å². The van der Waals surface area contributed by atoms with E-state index in [1.807, 2.05) is 13.8 Å². The first kappa shape index (κ1) is 22.4. The van der Waals surface area contributed by atoms with Gasteiger partial charge in [0, 0.05) is 23.4 Å². The van der Waals surface area contributed by atoms with Crippen LogP contribution in [-0.4, -0.2) is 42.1 Å². The predicted octanol–water partition coefficient (Wildman–Crippen LogP) is 2.89. The Labute approximate surface area is 179 Å². The first-order valence-corrected chi connectivity index (χ1v) is 10.1. The van der Waals surface area contributed by atoms with Crippen molar-refractivity contribution in [2.24, 2.45) is 5.92 Å². The number of benzene rings is 2. The molecule has 164 valence electrons. The summed E-state index contributed by atoms with van der Waals surface area (Å²) in [6.45, 7) is 3.75. The van der Waals surface area contributed by atoms with Crippen LogP contribution < -0.4 is 10.2 Å². The van der Waals surface area contributed by atoms with Crippen LogP contribution in [0.5, 0.6) is 0 Å². The van der Waals surface area contributed by atoms with Gasteiger partial charge in [0.1, 0.15) is 24.6 Å². The molecule has 2 aromatic rings. The number of rotatable bonds is 7. The van der Waals surface area contributed by atoms with E-state index in [-0.39, 0.29) is 17.9 Å². The average molecular weight is 428 g/mol. The van der Waals surface area contributed by atoms with E-state index in [9.17, 15) is 18.8 Å². The SMILES string of the molecule is CC(C)CN1C(=O)[C@H](CC(=O)NCC(=O)O)O[C@@H](c2ccccc2F)c2ccccc21. The van der Waals surface area contributed by atoms with Crippen LogP contribution in [0.3, 0.4) is 0 Å². The van der Waals surface area contributed by atoms with E-state index < -0.39 is 42.4 Å². The van der Waals surface area contributed by atoms with Crippen molar-refractivity contribution in [1.29, 1.82) is 0 Å². The summed E-state index contributed by atoms with van der Waals surface area (Å²) >= 11 is 0. The highest BCUT2D eigenvalue weighted by Gasteiger charge is 2.38. The van der Waals surface area contributed by atoms with Gasteiger partial charge in [-0.1, -0.05) is 50.2 Å². The Morgan fingerprint density at radius 1 is 1.13 bits per heavy atom. The van der Waals surface area contributed by atoms with E-state index in [0.717, 1.165) is 0 Å². The number of nitrogens with zero attached hydrogens (tertiary/aromatic N) is 1. The predicted molar refractivity (Wildman–Crippen MR) is 112 cm³/mol. The third-order valence-electron chi connectivity index (χ3n) is 4.89. The number of carboxylic acid groups (broad SMARTS) is 1. The molecule has 0 radical (unpaired) electrons. The fourth-order valence-electron chi connectivity index (χ4n) is 3.58. The number of fused-ring (bicyclic) bond motifs is 1. The number of carboxylic acids is 1. The zero-order chi connectivity index (χ0) is 22.5. The van der Waals surface area contributed by atoms with E-state index in [1.165, 1.54) is 6.07 Å². The molecule has 0 saturated heterocycles. The van der Waals surface area contributed by atoms with Gasteiger partial charge in [-0.05, 0) is 18.1 Å². The smallest absolute Gasteiger partial charge is 0.322 e. The molecule has 0 saturated carbocycles. The summed E-state index contributed by atoms with van der Waals surface area (Å²) in [6.07, 6.45) is -2.49. The van der Waals surface area contributed by atoms with Crippen molar-refractivity contribution in [2.75, 3.05) is 18.0 Å². The minimum Gasteiger partial charge on any atom is -0.480 e. The van der Waals surface area contributed by atoms with Crippen molar-refractivity contribution in [1.82, 2.24) is 5.32 Å². The van der Waals surface area contributed by atoms with Crippen molar-refractivity contribution < 1.29 is 28.6 Å². The van der Waals surface area contributed by atoms with Crippen LogP contribution in [-0.2, 0) is 19.1 Å². The number of anilines is 1. The van der Waals surface area contributed by atoms with Crippen LogP contribution in [0.2, 0.25) is 0 Å². The summed E-state index contributed by atoms with van der Waals surface area (Å²) in [6, 6.07) is 13.3. The molecule has 3 rings (SSSR count). The van der Waals surface area contributed by atoms with Gasteiger partial charge < -0.3 is 20.1 Å². The standard InChI is InChI=1S/C23H25FN2O5/c1-14(2)13-26-18-10-6-4-8-16(18)22(15-7-3-5-9-17(15)24)31-19(23(26)30)11-20(27)25-12-21(28)29/h3-10,14,19,22H,11-13H2,1-2H3,(H,25,27)(H,28,29)/t19-,22-/m0/s1. The molecule has 0 fully saturated rings. The zero-order valence-corrected chi connectivity index (χ0v) is 17.4. The molecule has 8 heteroatoms.